The molecule has 0 aliphatic rings. The molecule has 0 aliphatic carbocycles. The SMILES string of the molecule is COc1ccc(C(=O)NNC(=O)COC(=O)C=Cc2ccc(Cl)cc2Cl)cc1OC. The maximum absolute atomic E-state index is 12.1. The van der Waals surface area contributed by atoms with Crippen molar-refractivity contribution in [2.24, 2.45) is 0 Å². The summed E-state index contributed by atoms with van der Waals surface area (Å²) in [5, 5.41) is 0.827. The van der Waals surface area contributed by atoms with E-state index in [4.69, 9.17) is 37.4 Å². The molecule has 30 heavy (non-hydrogen) atoms. The molecule has 0 unspecified atom stereocenters. The van der Waals surface area contributed by atoms with E-state index in [1.54, 1.807) is 18.2 Å². The first kappa shape index (κ1) is 23.1. The standard InChI is InChI=1S/C20H18Cl2N2O6/c1-28-16-7-4-13(9-17(16)29-2)20(27)24-23-18(25)11-30-19(26)8-5-12-3-6-14(21)10-15(12)22/h3-10H,11H2,1-2H3,(H,23,25)(H,24,27). The highest BCUT2D eigenvalue weighted by atomic mass is 35.5. The van der Waals surface area contributed by atoms with Crippen LogP contribution in [0.15, 0.2) is 42.5 Å². The van der Waals surface area contributed by atoms with E-state index in [0.717, 1.165) is 6.08 Å². The van der Waals surface area contributed by atoms with E-state index in [2.05, 4.69) is 10.9 Å². The van der Waals surface area contributed by atoms with Gasteiger partial charge in [0.2, 0.25) is 0 Å². The first-order chi connectivity index (χ1) is 14.3. The molecular formula is C20H18Cl2N2O6. The molecule has 0 atom stereocenters. The summed E-state index contributed by atoms with van der Waals surface area (Å²) in [6.45, 7) is -0.594. The van der Waals surface area contributed by atoms with Gasteiger partial charge in [-0.15, -0.1) is 0 Å². The zero-order chi connectivity index (χ0) is 22.1. The number of hydrogen-bond acceptors (Lipinski definition) is 6. The van der Waals surface area contributed by atoms with Gasteiger partial charge in [-0.05, 0) is 42.0 Å². The number of hydrogen-bond donors (Lipinski definition) is 2. The average molecular weight is 453 g/mol. The Hall–Kier alpha value is -3.23. The van der Waals surface area contributed by atoms with Crippen LogP contribution >= 0.6 is 23.2 Å². The van der Waals surface area contributed by atoms with Gasteiger partial charge in [-0.1, -0.05) is 29.3 Å². The summed E-state index contributed by atoms with van der Waals surface area (Å²) in [6, 6.07) is 9.28. The largest absolute Gasteiger partial charge is 0.493 e. The summed E-state index contributed by atoms with van der Waals surface area (Å²) in [5.41, 5.74) is 5.14. The lowest BCUT2D eigenvalue weighted by Gasteiger charge is -2.10. The number of methoxy groups -OCH3 is 2. The molecule has 0 aromatic heterocycles. The molecule has 2 aromatic carbocycles. The Bertz CT molecular complexity index is 978. The van der Waals surface area contributed by atoms with Gasteiger partial charge in [-0.3, -0.25) is 20.4 Å². The van der Waals surface area contributed by atoms with Crippen LogP contribution in [0, 0.1) is 0 Å². The molecule has 0 spiro atoms. The molecule has 2 N–H and O–H groups in total. The molecule has 0 saturated heterocycles. The second-order valence-corrected chi connectivity index (χ2v) is 6.52. The highest BCUT2D eigenvalue weighted by Crippen LogP contribution is 2.27. The number of esters is 1. The van der Waals surface area contributed by atoms with Crippen LogP contribution in [0.2, 0.25) is 10.0 Å². The van der Waals surface area contributed by atoms with Crippen molar-refractivity contribution in [2.45, 2.75) is 0 Å². The van der Waals surface area contributed by atoms with E-state index in [9.17, 15) is 14.4 Å². The molecule has 0 radical (unpaired) electrons. The van der Waals surface area contributed by atoms with Crippen LogP contribution in [0.25, 0.3) is 6.08 Å². The van der Waals surface area contributed by atoms with Crippen LogP contribution in [0.3, 0.4) is 0 Å². The molecular weight excluding hydrogens is 435 g/mol. The number of halogens is 2. The zero-order valence-corrected chi connectivity index (χ0v) is 17.5. The second-order valence-electron chi connectivity index (χ2n) is 5.68. The molecule has 0 bridgehead atoms. The fourth-order valence-corrected chi connectivity index (χ4v) is 2.66. The smallest absolute Gasteiger partial charge is 0.331 e. The highest BCUT2D eigenvalue weighted by molar-refractivity contribution is 6.35. The lowest BCUT2D eigenvalue weighted by atomic mass is 10.2. The Morgan fingerprint density at radius 2 is 1.70 bits per heavy atom. The molecule has 2 aromatic rings. The molecule has 0 saturated carbocycles. The second kappa shape index (κ2) is 11.1. The number of carbonyl (C=O) groups is 3. The van der Waals surface area contributed by atoms with E-state index in [0.29, 0.717) is 27.1 Å². The Labute approximate surface area is 182 Å². The molecule has 2 amide bonds. The van der Waals surface area contributed by atoms with E-state index >= 15 is 0 Å². The number of amides is 2. The first-order valence-corrected chi connectivity index (χ1v) is 9.20. The van der Waals surface area contributed by atoms with E-state index in [-0.39, 0.29) is 5.56 Å². The van der Waals surface area contributed by atoms with Gasteiger partial charge < -0.3 is 14.2 Å². The lowest BCUT2D eigenvalue weighted by Crippen LogP contribution is -2.43. The van der Waals surface area contributed by atoms with Crippen LogP contribution in [0.5, 0.6) is 11.5 Å². The van der Waals surface area contributed by atoms with Gasteiger partial charge in [0.25, 0.3) is 11.8 Å². The number of rotatable bonds is 7. The lowest BCUT2D eigenvalue weighted by molar-refractivity contribution is -0.144. The fourth-order valence-electron chi connectivity index (χ4n) is 2.19. The third kappa shape index (κ3) is 6.68. The minimum Gasteiger partial charge on any atom is -0.493 e. The Kier molecular flexibility index (Phi) is 8.52. The van der Waals surface area contributed by atoms with Crippen molar-refractivity contribution in [1.29, 1.82) is 0 Å². The predicted molar refractivity (Wildman–Crippen MR) is 112 cm³/mol. The average Bonchev–Trinajstić information content (AvgIpc) is 2.74. The maximum Gasteiger partial charge on any atom is 0.331 e. The summed E-state index contributed by atoms with van der Waals surface area (Å²) < 4.78 is 15.0. The Morgan fingerprint density at radius 3 is 2.37 bits per heavy atom. The van der Waals surface area contributed by atoms with Crippen LogP contribution in [0.1, 0.15) is 15.9 Å². The van der Waals surface area contributed by atoms with E-state index in [1.165, 1.54) is 38.5 Å². The van der Waals surface area contributed by atoms with Gasteiger partial charge in [0.05, 0.1) is 14.2 Å². The number of hydrazine groups is 1. The molecule has 0 aliphatic heterocycles. The first-order valence-electron chi connectivity index (χ1n) is 8.45. The van der Waals surface area contributed by atoms with Crippen molar-refractivity contribution in [3.05, 3.63) is 63.6 Å². The van der Waals surface area contributed by atoms with Gasteiger partial charge >= 0.3 is 5.97 Å². The minimum atomic E-state index is -0.762. The van der Waals surface area contributed by atoms with Crippen molar-refractivity contribution >= 4 is 47.1 Å². The van der Waals surface area contributed by atoms with Crippen molar-refractivity contribution in [3.8, 4) is 11.5 Å². The summed E-state index contributed by atoms with van der Waals surface area (Å²) >= 11 is 11.8. The summed E-state index contributed by atoms with van der Waals surface area (Å²) in [5.74, 6) is -1.26. The number of carbonyl (C=O) groups excluding carboxylic acids is 3. The third-order valence-corrected chi connectivity index (χ3v) is 4.23. The van der Waals surface area contributed by atoms with Crippen LogP contribution in [0.4, 0.5) is 0 Å². The van der Waals surface area contributed by atoms with Crippen molar-refractivity contribution < 1.29 is 28.6 Å². The summed E-state index contributed by atoms with van der Waals surface area (Å²) in [6.07, 6.45) is 2.54. The molecule has 10 heteroatoms. The summed E-state index contributed by atoms with van der Waals surface area (Å²) in [7, 11) is 2.91. The monoisotopic (exact) mass is 452 g/mol. The molecule has 0 fully saturated rings. The quantitative estimate of drug-likeness (QED) is 0.380. The van der Waals surface area contributed by atoms with Crippen molar-refractivity contribution in [3.63, 3.8) is 0 Å². The van der Waals surface area contributed by atoms with E-state index in [1.807, 2.05) is 0 Å². The number of benzene rings is 2. The number of nitrogens with one attached hydrogen (secondary N) is 2. The fraction of sp³-hybridized carbons (Fsp3) is 0.150. The van der Waals surface area contributed by atoms with Gasteiger partial charge in [0, 0.05) is 21.7 Å². The van der Waals surface area contributed by atoms with Crippen LogP contribution < -0.4 is 20.3 Å². The Balaban J connectivity index is 1.81. The highest BCUT2D eigenvalue weighted by Gasteiger charge is 2.12. The third-order valence-electron chi connectivity index (χ3n) is 3.67. The molecule has 8 nitrogen and oxygen atoms in total. The van der Waals surface area contributed by atoms with Gasteiger partial charge in [-0.25, -0.2) is 4.79 Å². The zero-order valence-electron chi connectivity index (χ0n) is 16.0. The summed E-state index contributed by atoms with van der Waals surface area (Å²) in [4.78, 5) is 35.6. The van der Waals surface area contributed by atoms with Crippen LogP contribution in [-0.2, 0) is 14.3 Å². The molecule has 2 rings (SSSR count). The normalized spacial score (nSPS) is 10.4. The van der Waals surface area contributed by atoms with Crippen molar-refractivity contribution in [2.75, 3.05) is 20.8 Å². The van der Waals surface area contributed by atoms with Gasteiger partial charge in [0.15, 0.2) is 18.1 Å². The maximum atomic E-state index is 12.1. The van der Waals surface area contributed by atoms with Crippen molar-refractivity contribution in [1.82, 2.24) is 10.9 Å². The molecule has 0 heterocycles. The Morgan fingerprint density at radius 1 is 0.967 bits per heavy atom. The number of ether oxygens (including phenoxy) is 3. The predicted octanol–water partition coefficient (Wildman–Crippen LogP) is 3.03. The van der Waals surface area contributed by atoms with E-state index < -0.39 is 24.4 Å². The van der Waals surface area contributed by atoms with Gasteiger partial charge in [-0.2, -0.15) is 0 Å². The van der Waals surface area contributed by atoms with Gasteiger partial charge in [0.1, 0.15) is 0 Å². The minimum absolute atomic E-state index is 0.229. The topological polar surface area (TPSA) is 103 Å². The van der Waals surface area contributed by atoms with Crippen LogP contribution in [-0.4, -0.2) is 38.6 Å². The molecule has 158 valence electrons.